The first kappa shape index (κ1) is 23.7. The summed E-state index contributed by atoms with van der Waals surface area (Å²) in [5.41, 5.74) is 1.91. The van der Waals surface area contributed by atoms with Crippen molar-refractivity contribution in [1.82, 2.24) is 14.9 Å². The standard InChI is InChI=1S/C25H27ClN6O2S/c26-17-4-3-5-18(16-17)31-14-12-30(13-15-31)11-10-27-22(33)9-8-21-24(34)32-23(28-21)19-6-1-2-7-20(19)29-25(32)35/h1-7,16,21,28H,8-15H2,(H,27,33)/p+1. The van der Waals surface area contributed by atoms with E-state index in [-0.39, 0.29) is 23.0 Å². The van der Waals surface area contributed by atoms with Gasteiger partial charge in [-0.2, -0.15) is 0 Å². The fourth-order valence-electron chi connectivity index (χ4n) is 4.81. The zero-order chi connectivity index (χ0) is 24.4. The smallest absolute Gasteiger partial charge is 0.257 e. The van der Waals surface area contributed by atoms with Crippen LogP contribution in [0.15, 0.2) is 48.5 Å². The second-order valence-electron chi connectivity index (χ2n) is 8.99. The summed E-state index contributed by atoms with van der Waals surface area (Å²) in [6.45, 7) is 5.47. The van der Waals surface area contributed by atoms with Crippen LogP contribution in [-0.4, -0.2) is 66.7 Å². The molecule has 2 aliphatic rings. The number of piperazine rings is 1. The third kappa shape index (κ3) is 5.17. The number of anilines is 2. The molecule has 5 rings (SSSR count). The molecular weight excluding hydrogens is 484 g/mol. The first-order chi connectivity index (χ1) is 17.0. The topological polar surface area (TPSA) is 83.7 Å². The predicted molar refractivity (Wildman–Crippen MR) is 140 cm³/mol. The third-order valence-corrected chi connectivity index (χ3v) is 7.23. The highest BCUT2D eigenvalue weighted by atomic mass is 35.5. The summed E-state index contributed by atoms with van der Waals surface area (Å²) in [7, 11) is 0. The van der Waals surface area contributed by atoms with E-state index in [4.69, 9.17) is 23.8 Å². The Hall–Kier alpha value is -3.01. The van der Waals surface area contributed by atoms with E-state index < -0.39 is 6.04 Å². The van der Waals surface area contributed by atoms with Crippen LogP contribution in [0.4, 0.5) is 11.5 Å². The van der Waals surface area contributed by atoms with Gasteiger partial charge in [-0.15, -0.1) is 0 Å². The number of quaternary nitrogens is 1. The molecule has 8 nitrogen and oxygen atoms in total. The summed E-state index contributed by atoms with van der Waals surface area (Å²) in [6, 6.07) is 15.1. The van der Waals surface area contributed by atoms with Gasteiger partial charge in [0.25, 0.3) is 5.91 Å². The highest BCUT2D eigenvalue weighted by Crippen LogP contribution is 2.29. The Balaban J connectivity index is 1.06. The van der Waals surface area contributed by atoms with Crippen LogP contribution >= 0.6 is 23.8 Å². The quantitative estimate of drug-likeness (QED) is 0.422. The minimum Gasteiger partial charge on any atom is -0.360 e. The van der Waals surface area contributed by atoms with Crippen molar-refractivity contribution in [3.8, 4) is 0 Å². The molecule has 182 valence electrons. The lowest BCUT2D eigenvalue weighted by atomic mass is 10.1. The molecule has 1 unspecified atom stereocenters. The molecule has 1 saturated heterocycles. The fourth-order valence-corrected chi connectivity index (χ4v) is 5.28. The zero-order valence-electron chi connectivity index (χ0n) is 19.3. The van der Waals surface area contributed by atoms with Gasteiger partial charge in [0.1, 0.15) is 11.9 Å². The maximum atomic E-state index is 12.9. The van der Waals surface area contributed by atoms with Crippen molar-refractivity contribution >= 4 is 58.0 Å². The number of benzene rings is 2. The van der Waals surface area contributed by atoms with Gasteiger partial charge in [0, 0.05) is 22.5 Å². The number of fused-ring (bicyclic) bond motifs is 3. The van der Waals surface area contributed by atoms with Crippen LogP contribution in [0, 0.1) is 4.77 Å². The van der Waals surface area contributed by atoms with Crippen LogP contribution in [0.5, 0.6) is 0 Å². The summed E-state index contributed by atoms with van der Waals surface area (Å²) in [4.78, 5) is 33.5. The highest BCUT2D eigenvalue weighted by molar-refractivity contribution is 7.71. The van der Waals surface area contributed by atoms with Gasteiger partial charge in [-0.1, -0.05) is 29.8 Å². The molecule has 3 heterocycles. The summed E-state index contributed by atoms with van der Waals surface area (Å²) in [5.74, 6) is 0.466. The molecule has 2 aromatic carbocycles. The van der Waals surface area contributed by atoms with Gasteiger partial charge in [0.15, 0.2) is 0 Å². The molecule has 0 aliphatic carbocycles. The summed E-state index contributed by atoms with van der Waals surface area (Å²) in [5, 5.41) is 7.88. The molecule has 0 saturated carbocycles. The Morgan fingerprint density at radius 2 is 2.00 bits per heavy atom. The Morgan fingerprint density at radius 1 is 1.20 bits per heavy atom. The van der Waals surface area contributed by atoms with Crippen LogP contribution in [-0.2, 0) is 4.79 Å². The van der Waals surface area contributed by atoms with E-state index in [0.717, 1.165) is 54.3 Å². The maximum Gasteiger partial charge on any atom is 0.257 e. The van der Waals surface area contributed by atoms with E-state index in [1.807, 2.05) is 42.5 Å². The summed E-state index contributed by atoms with van der Waals surface area (Å²) < 4.78 is 1.69. The number of nitrogens with one attached hydrogen (secondary N) is 3. The van der Waals surface area contributed by atoms with Crippen LogP contribution in [0.3, 0.4) is 0 Å². The molecule has 10 heteroatoms. The Kier molecular flexibility index (Phi) is 6.99. The molecule has 1 atom stereocenters. The van der Waals surface area contributed by atoms with E-state index in [2.05, 4.69) is 26.6 Å². The molecular formula is C25H28ClN6O2S+. The second kappa shape index (κ2) is 10.3. The van der Waals surface area contributed by atoms with Gasteiger partial charge in [-0.25, -0.2) is 9.55 Å². The molecule has 35 heavy (non-hydrogen) atoms. The summed E-state index contributed by atoms with van der Waals surface area (Å²) >= 11 is 11.4. The van der Waals surface area contributed by atoms with Gasteiger partial charge in [-0.3, -0.25) is 9.59 Å². The molecule has 3 N–H and O–H groups in total. The molecule has 1 aromatic heterocycles. The van der Waals surface area contributed by atoms with Gasteiger partial charge in [-0.05, 0) is 49.0 Å². The number of carbonyl (C=O) groups is 2. The van der Waals surface area contributed by atoms with Crippen molar-refractivity contribution < 1.29 is 14.5 Å². The third-order valence-electron chi connectivity index (χ3n) is 6.72. The number of rotatable bonds is 7. The molecule has 2 aliphatic heterocycles. The van der Waals surface area contributed by atoms with Crippen molar-refractivity contribution in [1.29, 1.82) is 0 Å². The van der Waals surface area contributed by atoms with Crippen LogP contribution in [0.1, 0.15) is 17.6 Å². The van der Waals surface area contributed by atoms with Gasteiger partial charge < -0.3 is 20.4 Å². The average molecular weight is 512 g/mol. The molecule has 0 radical (unpaired) electrons. The van der Waals surface area contributed by atoms with Crippen LogP contribution in [0.25, 0.3) is 10.9 Å². The minimum absolute atomic E-state index is 0.0425. The number of amides is 1. The maximum absolute atomic E-state index is 12.9. The molecule has 1 fully saturated rings. The molecule has 1 amide bonds. The lowest BCUT2D eigenvalue weighted by Crippen LogP contribution is -3.15. The van der Waals surface area contributed by atoms with E-state index in [0.29, 0.717) is 18.8 Å². The van der Waals surface area contributed by atoms with Gasteiger partial charge in [0.05, 0.1) is 44.8 Å². The number of hydrogen-bond acceptors (Lipinski definition) is 6. The number of para-hydroxylation sites is 1. The van der Waals surface area contributed by atoms with Crippen molar-refractivity contribution in [2.75, 3.05) is 49.5 Å². The first-order valence-electron chi connectivity index (χ1n) is 11.9. The van der Waals surface area contributed by atoms with Crippen LogP contribution in [0.2, 0.25) is 5.02 Å². The predicted octanol–water partition coefficient (Wildman–Crippen LogP) is 2.15. The van der Waals surface area contributed by atoms with Gasteiger partial charge >= 0.3 is 0 Å². The average Bonchev–Trinajstić information content (AvgIpc) is 3.20. The normalized spacial score (nSPS) is 17.9. The van der Waals surface area contributed by atoms with E-state index >= 15 is 0 Å². The SMILES string of the molecule is O=C(CCC1Nc2c3ccccc3nc(=S)n2C1=O)NCC[NH+]1CCN(c2cccc(Cl)c2)CC1. The summed E-state index contributed by atoms with van der Waals surface area (Å²) in [6.07, 6.45) is 0.675. The van der Waals surface area contributed by atoms with Crippen molar-refractivity contribution in [2.24, 2.45) is 0 Å². The number of halogens is 1. The van der Waals surface area contributed by atoms with E-state index in [1.165, 1.54) is 9.47 Å². The minimum atomic E-state index is -0.486. The number of nitrogens with zero attached hydrogens (tertiary/aromatic N) is 3. The van der Waals surface area contributed by atoms with Crippen molar-refractivity contribution in [2.45, 2.75) is 18.9 Å². The highest BCUT2D eigenvalue weighted by Gasteiger charge is 2.32. The Morgan fingerprint density at radius 3 is 2.80 bits per heavy atom. The number of carbonyl (C=O) groups excluding carboxylic acids is 2. The van der Waals surface area contributed by atoms with E-state index in [1.54, 1.807) is 0 Å². The zero-order valence-corrected chi connectivity index (χ0v) is 20.9. The van der Waals surface area contributed by atoms with E-state index in [9.17, 15) is 9.59 Å². The lowest BCUT2D eigenvalue weighted by Gasteiger charge is -2.33. The monoisotopic (exact) mass is 511 g/mol. The van der Waals surface area contributed by atoms with Crippen molar-refractivity contribution in [3.63, 3.8) is 0 Å². The first-order valence-corrected chi connectivity index (χ1v) is 12.7. The second-order valence-corrected chi connectivity index (χ2v) is 9.79. The Labute approximate surface area is 213 Å². The number of hydrogen-bond donors (Lipinski definition) is 3. The van der Waals surface area contributed by atoms with Gasteiger partial charge in [0.2, 0.25) is 10.7 Å². The molecule has 3 aromatic rings. The molecule has 0 spiro atoms. The van der Waals surface area contributed by atoms with Crippen LogP contribution < -0.4 is 20.4 Å². The number of aromatic nitrogens is 2. The molecule has 0 bridgehead atoms. The van der Waals surface area contributed by atoms with Crippen molar-refractivity contribution in [3.05, 3.63) is 58.3 Å². The Bertz CT molecular complexity index is 1320. The fraction of sp³-hybridized carbons (Fsp3) is 0.360. The largest absolute Gasteiger partial charge is 0.360 e. The lowest BCUT2D eigenvalue weighted by molar-refractivity contribution is -0.899.